The molecule has 3 aromatic carbocycles. The van der Waals surface area contributed by atoms with Gasteiger partial charge in [-0.2, -0.15) is 0 Å². The molecule has 0 atom stereocenters. The summed E-state index contributed by atoms with van der Waals surface area (Å²) in [4.78, 5) is 30.8. The third-order valence-electron chi connectivity index (χ3n) is 6.50. The molecule has 0 N–H and O–H groups in total. The summed E-state index contributed by atoms with van der Waals surface area (Å²) in [7, 11) is 6.22. The molecular formula is C30H27N3O5. The molecule has 2 aromatic heterocycles. The second-order valence-electron chi connectivity index (χ2n) is 8.83. The van der Waals surface area contributed by atoms with Crippen molar-refractivity contribution in [2.45, 2.75) is 6.61 Å². The Kier molecular flexibility index (Phi) is 6.70. The molecule has 0 unspecified atom stereocenters. The summed E-state index contributed by atoms with van der Waals surface area (Å²) in [6.45, 7) is 0.449. The molecule has 192 valence electrons. The number of ether oxygens (including phenoxy) is 3. The predicted octanol–water partition coefficient (Wildman–Crippen LogP) is 4.56. The van der Waals surface area contributed by atoms with Crippen molar-refractivity contribution in [3.8, 4) is 39.6 Å². The van der Waals surface area contributed by atoms with Gasteiger partial charge in [0.15, 0.2) is 17.1 Å². The fraction of sp³-hybridized carbons (Fsp3) is 0.167. The van der Waals surface area contributed by atoms with Gasteiger partial charge in [-0.3, -0.25) is 13.9 Å². The lowest BCUT2D eigenvalue weighted by Gasteiger charge is -2.15. The van der Waals surface area contributed by atoms with Crippen molar-refractivity contribution in [2.24, 2.45) is 14.1 Å². The summed E-state index contributed by atoms with van der Waals surface area (Å²) in [5, 5.41) is 0.358. The van der Waals surface area contributed by atoms with E-state index in [0.717, 1.165) is 21.3 Å². The fourth-order valence-corrected chi connectivity index (χ4v) is 4.40. The van der Waals surface area contributed by atoms with Gasteiger partial charge in [0.1, 0.15) is 12.4 Å². The first kappa shape index (κ1) is 24.8. The van der Waals surface area contributed by atoms with Crippen LogP contribution in [0.5, 0.6) is 17.2 Å². The van der Waals surface area contributed by atoms with Gasteiger partial charge in [0, 0.05) is 25.2 Å². The number of benzene rings is 3. The van der Waals surface area contributed by atoms with E-state index in [2.05, 4.69) is 0 Å². The van der Waals surface area contributed by atoms with Crippen molar-refractivity contribution in [3.63, 3.8) is 0 Å². The maximum atomic E-state index is 13.3. The number of hydrogen-bond acceptors (Lipinski definition) is 6. The van der Waals surface area contributed by atoms with E-state index in [1.54, 1.807) is 27.3 Å². The van der Waals surface area contributed by atoms with Gasteiger partial charge in [0.2, 0.25) is 0 Å². The van der Waals surface area contributed by atoms with Crippen LogP contribution in [0.25, 0.3) is 33.4 Å². The number of aromatic nitrogens is 3. The first-order valence-electron chi connectivity index (χ1n) is 12.0. The average molecular weight is 510 g/mol. The minimum atomic E-state index is -0.449. The first-order chi connectivity index (χ1) is 18.4. The van der Waals surface area contributed by atoms with Crippen LogP contribution in [-0.4, -0.2) is 28.3 Å². The van der Waals surface area contributed by atoms with Crippen LogP contribution < -0.4 is 25.5 Å². The SMILES string of the molecule is COc1ccc(-c2cc(-c3ccc(OCc4ccccc4)cc3)c3c(=O)n(C)c(=O)n(C)c3n2)cc1OC. The van der Waals surface area contributed by atoms with Gasteiger partial charge < -0.3 is 14.2 Å². The fourth-order valence-electron chi connectivity index (χ4n) is 4.40. The van der Waals surface area contributed by atoms with E-state index < -0.39 is 11.2 Å². The third kappa shape index (κ3) is 4.52. The molecule has 0 aliphatic rings. The van der Waals surface area contributed by atoms with Crippen LogP contribution in [0, 0.1) is 0 Å². The van der Waals surface area contributed by atoms with Crippen LogP contribution in [-0.2, 0) is 20.7 Å². The molecule has 0 aliphatic carbocycles. The van der Waals surface area contributed by atoms with Crippen molar-refractivity contribution in [2.75, 3.05) is 14.2 Å². The van der Waals surface area contributed by atoms with E-state index in [-0.39, 0.29) is 0 Å². The Morgan fingerprint density at radius 2 is 1.45 bits per heavy atom. The lowest BCUT2D eigenvalue weighted by molar-refractivity contribution is 0.306. The number of pyridine rings is 1. The number of hydrogen-bond donors (Lipinski definition) is 0. The molecule has 5 rings (SSSR count). The van der Waals surface area contributed by atoms with Crippen molar-refractivity contribution >= 4 is 11.0 Å². The molecule has 0 bridgehead atoms. The zero-order valence-electron chi connectivity index (χ0n) is 21.6. The average Bonchev–Trinajstić information content (AvgIpc) is 2.97. The predicted molar refractivity (Wildman–Crippen MR) is 147 cm³/mol. The van der Waals surface area contributed by atoms with Gasteiger partial charge in [-0.15, -0.1) is 0 Å². The van der Waals surface area contributed by atoms with Gasteiger partial charge >= 0.3 is 5.69 Å². The summed E-state index contributed by atoms with van der Waals surface area (Å²) in [6, 6.07) is 24.8. The van der Waals surface area contributed by atoms with Crippen molar-refractivity contribution in [1.82, 2.24) is 14.1 Å². The van der Waals surface area contributed by atoms with Gasteiger partial charge in [-0.1, -0.05) is 42.5 Å². The number of methoxy groups -OCH3 is 2. The van der Waals surface area contributed by atoms with E-state index in [1.807, 2.05) is 72.8 Å². The molecule has 5 aromatic rings. The Bertz CT molecular complexity index is 1740. The monoisotopic (exact) mass is 509 g/mol. The van der Waals surface area contributed by atoms with E-state index in [4.69, 9.17) is 19.2 Å². The van der Waals surface area contributed by atoms with E-state index in [0.29, 0.717) is 46.1 Å². The Labute approximate surface area is 219 Å². The van der Waals surface area contributed by atoms with Crippen LogP contribution in [0.3, 0.4) is 0 Å². The summed E-state index contributed by atoms with van der Waals surface area (Å²) in [5.41, 5.74) is 3.30. The Morgan fingerprint density at radius 3 is 2.13 bits per heavy atom. The summed E-state index contributed by atoms with van der Waals surface area (Å²) in [6.07, 6.45) is 0. The van der Waals surface area contributed by atoms with Gasteiger partial charge in [-0.25, -0.2) is 9.78 Å². The highest BCUT2D eigenvalue weighted by molar-refractivity contribution is 5.94. The molecule has 0 saturated heterocycles. The molecule has 0 saturated carbocycles. The second-order valence-corrected chi connectivity index (χ2v) is 8.83. The highest BCUT2D eigenvalue weighted by atomic mass is 16.5. The minimum absolute atomic E-state index is 0.296. The largest absolute Gasteiger partial charge is 0.493 e. The lowest BCUT2D eigenvalue weighted by atomic mass is 9.99. The van der Waals surface area contributed by atoms with Crippen molar-refractivity contribution in [3.05, 3.63) is 105 Å². The standard InChI is InChI=1S/C30H27N3O5/c1-32-28-27(29(34)33(2)30(32)35)23(17-24(31-28)21-12-15-25(36-3)26(16-21)37-4)20-10-13-22(14-11-20)38-18-19-8-6-5-7-9-19/h5-17H,18H2,1-4H3. The molecule has 0 radical (unpaired) electrons. The zero-order valence-corrected chi connectivity index (χ0v) is 21.6. The Hall–Kier alpha value is -4.85. The van der Waals surface area contributed by atoms with E-state index in [1.165, 1.54) is 11.6 Å². The smallest absolute Gasteiger partial charge is 0.332 e. The van der Waals surface area contributed by atoms with Gasteiger partial charge in [0.25, 0.3) is 5.56 Å². The first-order valence-corrected chi connectivity index (χ1v) is 12.0. The Balaban J connectivity index is 1.65. The summed E-state index contributed by atoms with van der Waals surface area (Å²) < 4.78 is 19.3. The van der Waals surface area contributed by atoms with Crippen LogP contribution >= 0.6 is 0 Å². The number of nitrogens with zero attached hydrogens (tertiary/aromatic N) is 3. The highest BCUT2D eigenvalue weighted by Crippen LogP contribution is 2.35. The summed E-state index contributed by atoms with van der Waals surface area (Å²) in [5.74, 6) is 1.84. The molecule has 8 heteroatoms. The van der Waals surface area contributed by atoms with Crippen molar-refractivity contribution < 1.29 is 14.2 Å². The van der Waals surface area contributed by atoms with E-state index in [9.17, 15) is 9.59 Å². The normalized spacial score (nSPS) is 10.9. The number of aryl methyl sites for hydroxylation is 1. The second kappa shape index (κ2) is 10.3. The topological polar surface area (TPSA) is 84.6 Å². The minimum Gasteiger partial charge on any atom is -0.493 e. The lowest BCUT2D eigenvalue weighted by Crippen LogP contribution is -2.37. The third-order valence-corrected chi connectivity index (χ3v) is 6.50. The van der Waals surface area contributed by atoms with Crippen molar-refractivity contribution in [1.29, 1.82) is 0 Å². The molecule has 38 heavy (non-hydrogen) atoms. The molecule has 0 aliphatic heterocycles. The number of rotatable bonds is 7. The Morgan fingerprint density at radius 1 is 0.763 bits per heavy atom. The van der Waals surface area contributed by atoms with Crippen LogP contribution in [0.4, 0.5) is 0 Å². The maximum absolute atomic E-state index is 13.3. The highest BCUT2D eigenvalue weighted by Gasteiger charge is 2.18. The maximum Gasteiger partial charge on any atom is 0.332 e. The zero-order chi connectivity index (χ0) is 26.8. The summed E-state index contributed by atoms with van der Waals surface area (Å²) >= 11 is 0. The van der Waals surface area contributed by atoms with Gasteiger partial charge in [-0.05, 0) is 47.5 Å². The molecular weight excluding hydrogens is 482 g/mol. The molecule has 0 spiro atoms. The molecule has 0 fully saturated rings. The molecule has 2 heterocycles. The van der Waals surface area contributed by atoms with Crippen LogP contribution in [0.2, 0.25) is 0 Å². The quantitative estimate of drug-likeness (QED) is 0.320. The molecule has 8 nitrogen and oxygen atoms in total. The van der Waals surface area contributed by atoms with E-state index >= 15 is 0 Å². The number of fused-ring (bicyclic) bond motifs is 1. The van der Waals surface area contributed by atoms with Gasteiger partial charge in [0.05, 0.1) is 25.3 Å². The molecule has 0 amide bonds. The van der Waals surface area contributed by atoms with Crippen LogP contribution in [0.15, 0.2) is 88.5 Å². The van der Waals surface area contributed by atoms with Crippen LogP contribution in [0.1, 0.15) is 5.56 Å².